The second-order valence-electron chi connectivity index (χ2n) is 12.8. The monoisotopic (exact) mass is 725 g/mol. The molecular weight excluding hydrogens is 674 g/mol. The van der Waals surface area contributed by atoms with Crippen molar-refractivity contribution in [1.82, 2.24) is 26.6 Å². The number of carbonyl (C=O) groups excluding carboxylic acids is 5. The number of phenolic OH excluding ortho intramolecular Hbond substituents is 1. The number of guanidine groups is 1. The molecule has 0 unspecified atom stereocenters. The van der Waals surface area contributed by atoms with E-state index in [0.29, 0.717) is 11.1 Å². The zero-order chi connectivity index (χ0) is 38.8. The van der Waals surface area contributed by atoms with Gasteiger partial charge in [0.15, 0.2) is 5.96 Å². The molecule has 5 atom stereocenters. The number of aromatic hydroxyl groups is 1. The van der Waals surface area contributed by atoms with Crippen molar-refractivity contribution in [3.8, 4) is 5.75 Å². The van der Waals surface area contributed by atoms with Crippen molar-refractivity contribution in [2.75, 3.05) is 13.1 Å². The maximum atomic E-state index is 13.6. The van der Waals surface area contributed by atoms with Crippen LogP contribution in [0.4, 0.5) is 0 Å². The van der Waals surface area contributed by atoms with Crippen molar-refractivity contribution in [2.24, 2.45) is 28.1 Å². The molecule has 0 aliphatic carbocycles. The Hall–Kier alpha value is -5.71. The highest BCUT2D eigenvalue weighted by molar-refractivity contribution is 5.95. The zero-order valence-corrected chi connectivity index (χ0v) is 29.6. The van der Waals surface area contributed by atoms with E-state index in [0.717, 1.165) is 0 Å². The summed E-state index contributed by atoms with van der Waals surface area (Å²) in [6.07, 6.45) is 0.679. The molecule has 0 aromatic heterocycles. The van der Waals surface area contributed by atoms with Crippen LogP contribution in [0.25, 0.3) is 0 Å². The van der Waals surface area contributed by atoms with Crippen molar-refractivity contribution in [2.45, 2.75) is 83.1 Å². The van der Waals surface area contributed by atoms with Crippen molar-refractivity contribution in [3.63, 3.8) is 0 Å². The molecular formula is C35H51N9O8. The predicted octanol–water partition coefficient (Wildman–Crippen LogP) is -1.24. The highest BCUT2D eigenvalue weighted by Gasteiger charge is 2.30. The van der Waals surface area contributed by atoms with E-state index in [-0.39, 0.29) is 56.3 Å². The van der Waals surface area contributed by atoms with Gasteiger partial charge in [0.2, 0.25) is 29.5 Å². The molecule has 13 N–H and O–H groups in total. The van der Waals surface area contributed by atoms with Crippen LogP contribution in [0.1, 0.15) is 51.2 Å². The molecule has 0 bridgehead atoms. The minimum absolute atomic E-state index is 0.0352. The number of carboxylic acids is 1. The van der Waals surface area contributed by atoms with Gasteiger partial charge in [-0.3, -0.25) is 29.0 Å². The molecule has 52 heavy (non-hydrogen) atoms. The molecule has 17 nitrogen and oxygen atoms in total. The maximum absolute atomic E-state index is 13.6. The van der Waals surface area contributed by atoms with Crippen LogP contribution in [0.3, 0.4) is 0 Å². The number of aliphatic imine (C=N–C) groups is 1. The molecule has 0 aliphatic rings. The van der Waals surface area contributed by atoms with Crippen molar-refractivity contribution < 1.29 is 39.0 Å². The lowest BCUT2D eigenvalue weighted by molar-refractivity contribution is -0.142. The molecule has 0 fully saturated rings. The van der Waals surface area contributed by atoms with Crippen LogP contribution >= 0.6 is 0 Å². The Balaban J connectivity index is 2.06. The first-order valence-corrected chi connectivity index (χ1v) is 16.9. The van der Waals surface area contributed by atoms with Gasteiger partial charge in [-0.1, -0.05) is 56.3 Å². The summed E-state index contributed by atoms with van der Waals surface area (Å²) in [6.45, 7) is 4.71. The van der Waals surface area contributed by atoms with Gasteiger partial charge < -0.3 is 54.0 Å². The normalized spacial score (nSPS) is 13.7. The van der Waals surface area contributed by atoms with Gasteiger partial charge in [-0.15, -0.1) is 0 Å². The van der Waals surface area contributed by atoms with Gasteiger partial charge >= 0.3 is 5.97 Å². The van der Waals surface area contributed by atoms with Gasteiger partial charge in [0.1, 0.15) is 29.9 Å². The second-order valence-corrected chi connectivity index (χ2v) is 12.8. The van der Waals surface area contributed by atoms with E-state index < -0.39 is 72.3 Å². The average Bonchev–Trinajstić information content (AvgIpc) is 3.08. The number of hydrogen-bond acceptors (Lipinski definition) is 9. The lowest BCUT2D eigenvalue weighted by Gasteiger charge is -2.26. The number of carboxylic acid groups (broad SMARTS) is 1. The summed E-state index contributed by atoms with van der Waals surface area (Å²) >= 11 is 0. The fraction of sp³-hybridized carbons (Fsp3) is 0.457. The number of nitrogens with one attached hydrogen (secondary N) is 5. The first-order valence-electron chi connectivity index (χ1n) is 16.9. The molecule has 0 heterocycles. The minimum Gasteiger partial charge on any atom is -0.508 e. The van der Waals surface area contributed by atoms with Gasteiger partial charge in [0, 0.05) is 13.0 Å². The smallest absolute Gasteiger partial charge is 0.326 e. The number of carbonyl (C=O) groups is 6. The van der Waals surface area contributed by atoms with Crippen LogP contribution in [0.15, 0.2) is 59.6 Å². The van der Waals surface area contributed by atoms with Crippen LogP contribution < -0.4 is 43.8 Å². The number of aliphatic carboxylic acids is 1. The number of hydrogen-bond donors (Lipinski definition) is 10. The van der Waals surface area contributed by atoms with Crippen LogP contribution in [-0.2, 0) is 41.6 Å². The Bertz CT molecular complexity index is 1530. The molecule has 284 valence electrons. The molecule has 0 radical (unpaired) electrons. The van der Waals surface area contributed by atoms with Crippen LogP contribution in [0.5, 0.6) is 5.75 Å². The minimum atomic E-state index is -1.27. The van der Waals surface area contributed by atoms with Crippen LogP contribution in [0, 0.1) is 5.92 Å². The molecule has 0 aliphatic heterocycles. The zero-order valence-electron chi connectivity index (χ0n) is 29.6. The summed E-state index contributed by atoms with van der Waals surface area (Å²) < 4.78 is 0. The maximum Gasteiger partial charge on any atom is 0.326 e. The molecule has 0 saturated heterocycles. The highest BCUT2D eigenvalue weighted by Crippen LogP contribution is 2.12. The number of phenols is 1. The molecule has 17 heteroatoms. The van der Waals surface area contributed by atoms with E-state index >= 15 is 0 Å². The van der Waals surface area contributed by atoms with Gasteiger partial charge in [-0.05, 0) is 61.8 Å². The van der Waals surface area contributed by atoms with E-state index in [9.17, 15) is 39.0 Å². The SMILES string of the molecule is CC(C)C[C@H](NC(=O)[C@H](Cc1ccccc1)NC(=O)CNC(=O)[C@H](C)NC(=O)[C@H](N)Cc1ccc(O)cc1)C(=O)N[C@H](CCCN=C(N)N)C(=O)O. The standard InChI is InChI=1S/C35H51N9O8/c1-20(2)16-27(32(49)43-26(34(51)52)10-7-15-39-35(37)38)44-33(50)28(18-22-8-5-4-6-9-22)42-29(46)19-40-30(47)21(3)41-31(48)25(36)17-23-11-13-24(45)14-12-23/h4-6,8-9,11-14,20-21,25-28,45H,7,10,15-19,36H2,1-3H3,(H,40,47)(H,41,48)(H,42,46)(H,43,49)(H,44,50)(H,51,52)(H4,37,38,39)/t21-,25+,26+,27-,28-/m0/s1. The molecule has 5 amide bonds. The molecule has 2 aromatic carbocycles. The second kappa shape index (κ2) is 21.5. The Morgan fingerprint density at radius 3 is 1.92 bits per heavy atom. The first-order chi connectivity index (χ1) is 24.5. The number of amides is 5. The Morgan fingerprint density at radius 2 is 1.33 bits per heavy atom. The van der Waals surface area contributed by atoms with Crippen molar-refractivity contribution >= 4 is 41.5 Å². The summed E-state index contributed by atoms with van der Waals surface area (Å²) in [5.41, 5.74) is 18.0. The third-order valence-electron chi connectivity index (χ3n) is 7.74. The first kappa shape index (κ1) is 42.5. The lowest BCUT2D eigenvalue weighted by Crippen LogP contribution is -2.57. The fourth-order valence-corrected chi connectivity index (χ4v) is 5.00. The van der Waals surface area contributed by atoms with E-state index in [1.807, 2.05) is 13.8 Å². The number of rotatable bonds is 21. The quantitative estimate of drug-likeness (QED) is 0.0413. The summed E-state index contributed by atoms with van der Waals surface area (Å²) in [5, 5.41) is 31.8. The van der Waals surface area contributed by atoms with Crippen molar-refractivity contribution in [1.29, 1.82) is 0 Å². The van der Waals surface area contributed by atoms with Gasteiger partial charge in [0.05, 0.1) is 12.6 Å². The molecule has 2 rings (SSSR count). The summed E-state index contributed by atoms with van der Waals surface area (Å²) in [5.74, 6) is -4.83. The van der Waals surface area contributed by atoms with Gasteiger partial charge in [0.25, 0.3) is 0 Å². The Morgan fingerprint density at radius 1 is 0.731 bits per heavy atom. The van der Waals surface area contributed by atoms with Gasteiger partial charge in [-0.25, -0.2) is 4.79 Å². The van der Waals surface area contributed by atoms with E-state index in [1.54, 1.807) is 42.5 Å². The third-order valence-corrected chi connectivity index (χ3v) is 7.74. The van der Waals surface area contributed by atoms with Crippen LogP contribution in [-0.4, -0.2) is 95.0 Å². The average molecular weight is 726 g/mol. The summed E-state index contributed by atoms with van der Waals surface area (Å²) in [6, 6.07) is 9.37. The lowest BCUT2D eigenvalue weighted by atomic mass is 10.0. The topological polar surface area (TPSA) is 293 Å². The van der Waals surface area contributed by atoms with Crippen LogP contribution in [0.2, 0.25) is 0 Å². The number of nitrogens with zero attached hydrogens (tertiary/aromatic N) is 1. The third kappa shape index (κ3) is 15.9. The summed E-state index contributed by atoms with van der Waals surface area (Å²) in [4.78, 5) is 80.9. The fourth-order valence-electron chi connectivity index (χ4n) is 5.00. The van der Waals surface area contributed by atoms with Crippen molar-refractivity contribution in [3.05, 3.63) is 65.7 Å². The van der Waals surface area contributed by atoms with E-state index in [4.69, 9.17) is 17.2 Å². The predicted molar refractivity (Wildman–Crippen MR) is 193 cm³/mol. The summed E-state index contributed by atoms with van der Waals surface area (Å²) in [7, 11) is 0. The molecule has 2 aromatic rings. The van der Waals surface area contributed by atoms with E-state index in [2.05, 4.69) is 31.6 Å². The molecule has 0 saturated carbocycles. The highest BCUT2D eigenvalue weighted by atomic mass is 16.4. The Kier molecular flexibility index (Phi) is 17.5. The van der Waals surface area contributed by atoms with Gasteiger partial charge in [-0.2, -0.15) is 0 Å². The molecule has 0 spiro atoms. The largest absolute Gasteiger partial charge is 0.508 e. The number of benzene rings is 2. The number of nitrogens with two attached hydrogens (primary N) is 3. The Labute approximate surface area is 302 Å². The van der Waals surface area contributed by atoms with E-state index in [1.165, 1.54) is 19.1 Å².